The smallest absolute Gasteiger partial charge is 0.272 e. The van der Waals surface area contributed by atoms with Crippen LogP contribution in [0.4, 0.5) is 0 Å². The molecule has 2 rings (SSSR count). The maximum Gasteiger partial charge on any atom is 0.272 e. The average molecular weight is 224 g/mol. The van der Waals surface area contributed by atoms with Gasteiger partial charge in [0.25, 0.3) is 5.24 Å². The van der Waals surface area contributed by atoms with Crippen LogP contribution in [0.1, 0.15) is 10.5 Å². The zero-order chi connectivity index (χ0) is 9.97. The van der Waals surface area contributed by atoms with Gasteiger partial charge in [-0.15, -0.1) is 11.3 Å². The number of carbonyl (C=O) groups is 1. The first kappa shape index (κ1) is 9.37. The number of nitrogens with zero attached hydrogens (tertiary/aromatic N) is 1. The number of hydrogen-bond donors (Lipinski definition) is 0. The van der Waals surface area contributed by atoms with Crippen LogP contribution in [0.2, 0.25) is 0 Å². The second-order valence-corrected chi connectivity index (χ2v) is 3.87. The number of hydrogen-bond acceptors (Lipinski definition) is 3. The third kappa shape index (κ3) is 1.69. The van der Waals surface area contributed by atoms with Crippen LogP contribution in [0.25, 0.3) is 10.4 Å². The normalized spacial score (nSPS) is 10.1. The topological polar surface area (TPSA) is 30.0 Å². The van der Waals surface area contributed by atoms with Gasteiger partial charge in [-0.2, -0.15) is 0 Å². The zero-order valence-corrected chi connectivity index (χ0v) is 8.68. The first-order valence-electron chi connectivity index (χ1n) is 3.98. The Morgan fingerprint density at radius 2 is 2.00 bits per heavy atom. The Balaban J connectivity index is 2.52. The summed E-state index contributed by atoms with van der Waals surface area (Å²) in [5, 5.41) is -0.509. The van der Waals surface area contributed by atoms with Crippen LogP contribution in [-0.2, 0) is 0 Å². The highest BCUT2D eigenvalue weighted by molar-refractivity contribution is 7.13. The number of carbonyl (C=O) groups excluding carboxylic acids is 1. The lowest BCUT2D eigenvalue weighted by Gasteiger charge is -1.97. The van der Waals surface area contributed by atoms with E-state index in [0.717, 1.165) is 10.4 Å². The van der Waals surface area contributed by atoms with Gasteiger partial charge < -0.3 is 0 Å². The fourth-order valence-corrected chi connectivity index (χ4v) is 2.17. The Morgan fingerprint density at radius 3 is 2.64 bits per heavy atom. The van der Waals surface area contributed by atoms with E-state index in [1.165, 1.54) is 11.3 Å². The Hall–Kier alpha value is -1.19. The predicted molar refractivity (Wildman–Crippen MR) is 57.7 cm³/mol. The van der Waals surface area contributed by atoms with Crippen LogP contribution in [0.5, 0.6) is 0 Å². The van der Waals surface area contributed by atoms with Crippen molar-refractivity contribution in [2.24, 2.45) is 0 Å². The van der Waals surface area contributed by atoms with Crippen LogP contribution in [-0.4, -0.2) is 10.2 Å². The Kier molecular flexibility index (Phi) is 2.61. The molecule has 1 aromatic heterocycles. The van der Waals surface area contributed by atoms with E-state index >= 15 is 0 Å². The van der Waals surface area contributed by atoms with Crippen molar-refractivity contribution in [2.45, 2.75) is 0 Å². The highest BCUT2D eigenvalue weighted by Crippen LogP contribution is 2.28. The molecule has 14 heavy (non-hydrogen) atoms. The average Bonchev–Trinajstić information content (AvgIpc) is 2.67. The summed E-state index contributed by atoms with van der Waals surface area (Å²) in [5.41, 5.74) is 2.93. The molecule has 4 heteroatoms. The Labute approximate surface area is 90.2 Å². The molecular formula is C10H6ClNOS. The number of rotatable bonds is 2. The van der Waals surface area contributed by atoms with Gasteiger partial charge in [0.05, 0.1) is 10.4 Å². The van der Waals surface area contributed by atoms with Crippen molar-refractivity contribution in [1.82, 2.24) is 4.98 Å². The monoisotopic (exact) mass is 223 g/mol. The fourth-order valence-electron chi connectivity index (χ4n) is 1.18. The molecule has 1 aromatic carbocycles. The van der Waals surface area contributed by atoms with E-state index in [9.17, 15) is 4.79 Å². The van der Waals surface area contributed by atoms with Crippen molar-refractivity contribution in [1.29, 1.82) is 0 Å². The summed E-state index contributed by atoms with van der Waals surface area (Å²) in [5.74, 6) is 0. The number of aromatic nitrogens is 1. The lowest BCUT2D eigenvalue weighted by Crippen LogP contribution is -1.90. The fraction of sp³-hybridized carbons (Fsp3) is 0. The van der Waals surface area contributed by atoms with Gasteiger partial charge in [-0.25, -0.2) is 4.98 Å². The standard InChI is InChI=1S/C10H6ClNOS/c11-10(13)8-9(14-6-12-8)7-4-2-1-3-5-7/h1-6H. The molecule has 0 aliphatic carbocycles. The van der Waals surface area contributed by atoms with Crippen molar-refractivity contribution in [3.63, 3.8) is 0 Å². The third-order valence-corrected chi connectivity index (χ3v) is 2.84. The molecule has 0 aliphatic heterocycles. The molecule has 2 aromatic rings. The summed E-state index contributed by atoms with van der Waals surface area (Å²) < 4.78 is 0. The van der Waals surface area contributed by atoms with Gasteiger partial charge in [0.1, 0.15) is 5.69 Å². The van der Waals surface area contributed by atoms with Crippen LogP contribution < -0.4 is 0 Å². The van der Waals surface area contributed by atoms with Gasteiger partial charge in [0, 0.05) is 0 Å². The van der Waals surface area contributed by atoms with Crippen molar-refractivity contribution in [3.8, 4) is 10.4 Å². The zero-order valence-electron chi connectivity index (χ0n) is 7.11. The molecule has 0 unspecified atom stereocenters. The van der Waals surface area contributed by atoms with E-state index in [2.05, 4.69) is 4.98 Å². The highest BCUT2D eigenvalue weighted by Gasteiger charge is 2.13. The maximum absolute atomic E-state index is 11.0. The van der Waals surface area contributed by atoms with Crippen molar-refractivity contribution in [3.05, 3.63) is 41.5 Å². The first-order chi connectivity index (χ1) is 6.79. The number of benzene rings is 1. The van der Waals surface area contributed by atoms with E-state index in [0.29, 0.717) is 5.69 Å². The van der Waals surface area contributed by atoms with Gasteiger partial charge in [-0.3, -0.25) is 4.79 Å². The van der Waals surface area contributed by atoms with Gasteiger partial charge in [0.2, 0.25) is 0 Å². The quantitative estimate of drug-likeness (QED) is 0.732. The molecule has 0 atom stereocenters. The second kappa shape index (κ2) is 3.90. The molecule has 0 spiro atoms. The molecule has 0 fully saturated rings. The van der Waals surface area contributed by atoms with Crippen LogP contribution in [0, 0.1) is 0 Å². The van der Waals surface area contributed by atoms with Crippen molar-refractivity contribution in [2.75, 3.05) is 0 Å². The summed E-state index contributed by atoms with van der Waals surface area (Å²) in [6, 6.07) is 9.61. The summed E-state index contributed by atoms with van der Waals surface area (Å²) >= 11 is 6.82. The molecule has 2 nitrogen and oxygen atoms in total. The minimum Gasteiger partial charge on any atom is -0.274 e. The van der Waals surface area contributed by atoms with E-state index in [-0.39, 0.29) is 0 Å². The minimum absolute atomic E-state index is 0.336. The van der Waals surface area contributed by atoms with E-state index in [1.807, 2.05) is 30.3 Å². The summed E-state index contributed by atoms with van der Waals surface area (Å²) in [6.45, 7) is 0. The molecule has 1 heterocycles. The molecule has 0 amide bonds. The Bertz CT molecular complexity index is 452. The molecule has 0 radical (unpaired) electrons. The van der Waals surface area contributed by atoms with E-state index < -0.39 is 5.24 Å². The predicted octanol–water partition coefficient (Wildman–Crippen LogP) is 3.19. The molecule has 70 valence electrons. The minimum atomic E-state index is -0.509. The van der Waals surface area contributed by atoms with Crippen molar-refractivity contribution < 1.29 is 4.79 Å². The lowest BCUT2D eigenvalue weighted by molar-refractivity contribution is 0.107. The van der Waals surface area contributed by atoms with Gasteiger partial charge in [0.15, 0.2) is 0 Å². The number of thiazole rings is 1. The van der Waals surface area contributed by atoms with Gasteiger partial charge in [-0.05, 0) is 17.2 Å². The van der Waals surface area contributed by atoms with Crippen LogP contribution in [0.3, 0.4) is 0 Å². The van der Waals surface area contributed by atoms with Gasteiger partial charge in [-0.1, -0.05) is 30.3 Å². The molecule has 0 bridgehead atoms. The molecular weight excluding hydrogens is 218 g/mol. The molecule has 0 aliphatic rings. The SMILES string of the molecule is O=C(Cl)c1ncsc1-c1ccccc1. The van der Waals surface area contributed by atoms with E-state index in [4.69, 9.17) is 11.6 Å². The summed E-state index contributed by atoms with van der Waals surface area (Å²) in [4.78, 5) is 15.8. The molecule has 0 saturated carbocycles. The third-order valence-electron chi connectivity index (χ3n) is 1.79. The van der Waals surface area contributed by atoms with Crippen LogP contribution in [0.15, 0.2) is 35.8 Å². The first-order valence-corrected chi connectivity index (χ1v) is 5.23. The second-order valence-electron chi connectivity index (χ2n) is 2.67. The number of halogens is 1. The largest absolute Gasteiger partial charge is 0.274 e. The maximum atomic E-state index is 11.0. The lowest BCUT2D eigenvalue weighted by atomic mass is 10.2. The van der Waals surface area contributed by atoms with Crippen LogP contribution >= 0.6 is 22.9 Å². The molecule has 0 N–H and O–H groups in total. The Morgan fingerprint density at radius 1 is 1.29 bits per heavy atom. The molecule has 0 saturated heterocycles. The summed E-state index contributed by atoms with van der Waals surface area (Å²) in [6.07, 6.45) is 0. The van der Waals surface area contributed by atoms with E-state index in [1.54, 1.807) is 5.51 Å². The van der Waals surface area contributed by atoms with Gasteiger partial charge >= 0.3 is 0 Å². The highest BCUT2D eigenvalue weighted by atomic mass is 35.5. The van der Waals surface area contributed by atoms with Crippen molar-refractivity contribution >= 4 is 28.2 Å². The summed E-state index contributed by atoms with van der Waals surface area (Å²) in [7, 11) is 0.